The Kier molecular flexibility index (Phi) is 8.67. The summed E-state index contributed by atoms with van der Waals surface area (Å²) < 4.78 is 13.6. The Balaban J connectivity index is 0.834. The van der Waals surface area contributed by atoms with E-state index >= 15 is 0 Å². The molecule has 2 N–H and O–H groups in total. The summed E-state index contributed by atoms with van der Waals surface area (Å²) in [4.78, 5) is 28.5. The molecule has 1 spiro atoms. The zero-order valence-electron chi connectivity index (χ0n) is 29.6. The highest BCUT2D eigenvalue weighted by Crippen LogP contribution is 2.46. The second-order valence-electron chi connectivity index (χ2n) is 16.1. The molecule has 264 valence electrons. The van der Waals surface area contributed by atoms with Crippen LogP contribution in [0.4, 0.5) is 10.6 Å². The second kappa shape index (κ2) is 13.2. The van der Waals surface area contributed by atoms with E-state index < -0.39 is 5.60 Å². The van der Waals surface area contributed by atoms with Crippen LogP contribution in [-0.4, -0.2) is 98.0 Å². The Morgan fingerprint density at radius 2 is 1.58 bits per heavy atom. The molecule has 11 heteroatoms. The number of nitrogen functional groups attached to an aromatic ring is 1. The summed E-state index contributed by atoms with van der Waals surface area (Å²) in [5, 5.41) is 5.96. The maximum absolute atomic E-state index is 12.3. The Morgan fingerprint density at radius 3 is 2.26 bits per heavy atom. The van der Waals surface area contributed by atoms with E-state index in [1.165, 1.54) is 38.8 Å². The first kappa shape index (κ1) is 33.0. The van der Waals surface area contributed by atoms with Crippen molar-refractivity contribution in [3.8, 4) is 22.8 Å². The van der Waals surface area contributed by atoms with E-state index in [4.69, 9.17) is 20.3 Å². The molecule has 4 fully saturated rings. The Labute approximate surface area is 294 Å². The highest BCUT2D eigenvalue weighted by atomic mass is 16.6. The van der Waals surface area contributed by atoms with Gasteiger partial charge in [0.1, 0.15) is 34.9 Å². The molecule has 4 aliphatic rings. The van der Waals surface area contributed by atoms with Gasteiger partial charge in [0.05, 0.1) is 11.4 Å². The fourth-order valence-electron chi connectivity index (χ4n) is 8.71. The third-order valence-electron chi connectivity index (χ3n) is 11.2. The molecule has 0 atom stereocenters. The summed E-state index contributed by atoms with van der Waals surface area (Å²) in [6, 6.07) is 18.7. The second-order valence-corrected chi connectivity index (χ2v) is 16.1. The third-order valence-corrected chi connectivity index (χ3v) is 11.2. The fourth-order valence-corrected chi connectivity index (χ4v) is 8.71. The van der Waals surface area contributed by atoms with E-state index in [2.05, 4.69) is 24.4 Å². The largest absolute Gasteiger partial charge is 0.457 e. The topological polar surface area (TPSA) is 115 Å². The minimum atomic E-state index is -0.433. The van der Waals surface area contributed by atoms with Gasteiger partial charge in [0.25, 0.3) is 0 Å². The molecule has 3 aliphatic heterocycles. The van der Waals surface area contributed by atoms with Gasteiger partial charge in [-0.15, -0.1) is 0 Å². The number of piperidine rings is 1. The monoisotopic (exact) mass is 678 g/mol. The number of ether oxygens (including phenoxy) is 2. The fraction of sp³-hybridized carbons (Fsp3) is 0.538. The number of likely N-dealkylation sites (tertiary alicyclic amines) is 3. The molecule has 3 saturated heterocycles. The molecule has 1 saturated carbocycles. The number of aromatic nitrogens is 4. The van der Waals surface area contributed by atoms with Gasteiger partial charge >= 0.3 is 6.09 Å². The lowest BCUT2D eigenvalue weighted by Crippen LogP contribution is -2.63. The molecule has 1 amide bonds. The Hall–Kier alpha value is -4.22. The maximum Gasteiger partial charge on any atom is 0.410 e. The van der Waals surface area contributed by atoms with Gasteiger partial charge in [0.15, 0.2) is 5.65 Å². The normalized spacial score (nSPS) is 20.9. The van der Waals surface area contributed by atoms with Crippen molar-refractivity contribution < 1.29 is 14.3 Å². The van der Waals surface area contributed by atoms with Crippen molar-refractivity contribution in [2.45, 2.75) is 77.0 Å². The summed E-state index contributed by atoms with van der Waals surface area (Å²) in [7, 11) is 0. The number of nitrogens with zero attached hydrogens (tertiary/aromatic N) is 7. The first-order chi connectivity index (χ1) is 24.1. The Morgan fingerprint density at radius 1 is 0.900 bits per heavy atom. The SMILES string of the molecule is CC(C)(C)OC(=O)N1CC(CN2CC3(CCC(N4CCC(n5nc(-c6ccc(Oc7ccccc7)cc6)c6c(N)ncnc65)CC4)CC3)C2)C1. The van der Waals surface area contributed by atoms with Crippen LogP contribution in [0.25, 0.3) is 22.3 Å². The lowest BCUT2D eigenvalue weighted by atomic mass is 9.67. The van der Waals surface area contributed by atoms with E-state index in [1.807, 2.05) is 80.3 Å². The predicted octanol–water partition coefficient (Wildman–Crippen LogP) is 6.62. The van der Waals surface area contributed by atoms with Crippen molar-refractivity contribution in [1.29, 1.82) is 0 Å². The summed E-state index contributed by atoms with van der Waals surface area (Å²) in [5.74, 6) is 2.60. The van der Waals surface area contributed by atoms with Crippen molar-refractivity contribution in [3.05, 3.63) is 60.9 Å². The van der Waals surface area contributed by atoms with Gasteiger partial charge in [-0.2, -0.15) is 5.10 Å². The van der Waals surface area contributed by atoms with Crippen LogP contribution in [0, 0.1) is 11.3 Å². The van der Waals surface area contributed by atoms with Crippen molar-refractivity contribution in [1.82, 2.24) is 34.4 Å². The van der Waals surface area contributed by atoms with E-state index in [9.17, 15) is 4.79 Å². The van der Waals surface area contributed by atoms with Crippen LogP contribution in [0.1, 0.15) is 65.3 Å². The minimum absolute atomic E-state index is 0.172. The van der Waals surface area contributed by atoms with Gasteiger partial charge in [0, 0.05) is 63.3 Å². The number of hydrogen-bond acceptors (Lipinski definition) is 9. The molecule has 50 heavy (non-hydrogen) atoms. The van der Waals surface area contributed by atoms with Gasteiger partial charge in [-0.1, -0.05) is 18.2 Å². The number of hydrogen-bond donors (Lipinski definition) is 1. The number of rotatable bonds is 7. The summed E-state index contributed by atoms with van der Waals surface area (Å²) in [5.41, 5.74) is 9.10. The highest BCUT2D eigenvalue weighted by Gasteiger charge is 2.47. The van der Waals surface area contributed by atoms with E-state index in [0.717, 1.165) is 79.4 Å². The average Bonchev–Trinajstić information content (AvgIpc) is 3.47. The van der Waals surface area contributed by atoms with Crippen molar-refractivity contribution in [2.24, 2.45) is 11.3 Å². The zero-order chi connectivity index (χ0) is 34.5. The molecule has 2 aromatic carbocycles. The van der Waals surface area contributed by atoms with Crippen LogP contribution >= 0.6 is 0 Å². The van der Waals surface area contributed by atoms with Gasteiger partial charge in [-0.3, -0.25) is 0 Å². The summed E-state index contributed by atoms with van der Waals surface area (Å²) in [6.07, 6.45) is 8.68. The molecule has 0 bridgehead atoms. The molecule has 8 rings (SSSR count). The Bertz CT molecular complexity index is 1790. The van der Waals surface area contributed by atoms with E-state index in [-0.39, 0.29) is 12.1 Å². The number of nitrogens with two attached hydrogens (primary N) is 1. The number of carbonyl (C=O) groups is 1. The van der Waals surface area contributed by atoms with Crippen LogP contribution in [-0.2, 0) is 4.74 Å². The minimum Gasteiger partial charge on any atom is -0.457 e. The molecule has 1 aliphatic carbocycles. The molecule has 4 aromatic rings. The van der Waals surface area contributed by atoms with Gasteiger partial charge in [-0.05, 0) is 101 Å². The van der Waals surface area contributed by atoms with Crippen molar-refractivity contribution in [3.63, 3.8) is 0 Å². The first-order valence-corrected chi connectivity index (χ1v) is 18.4. The third kappa shape index (κ3) is 6.77. The maximum atomic E-state index is 12.3. The summed E-state index contributed by atoms with van der Waals surface area (Å²) in [6.45, 7) is 13.1. The van der Waals surface area contributed by atoms with Gasteiger partial charge in [-0.25, -0.2) is 19.4 Å². The van der Waals surface area contributed by atoms with Crippen LogP contribution in [0.3, 0.4) is 0 Å². The number of fused-ring (bicyclic) bond motifs is 1. The standard InChI is InChI=1S/C39H50N8O3/c1-38(2,3)50-37(48)46-22-27(23-46)21-44-24-39(25-44)17-13-29(14-18-39)45-19-15-30(16-20-45)47-36-33(35(40)41-26-42-36)34(43-47)28-9-11-32(12-10-28)49-31-7-5-4-6-8-31/h4-12,26-27,29-30H,13-25H2,1-3H3,(H2,40,41,42). The van der Waals surface area contributed by atoms with Crippen molar-refractivity contribution >= 4 is 22.9 Å². The van der Waals surface area contributed by atoms with E-state index in [1.54, 1.807) is 6.33 Å². The quantitative estimate of drug-likeness (QED) is 0.230. The first-order valence-electron chi connectivity index (χ1n) is 18.4. The molecule has 0 unspecified atom stereocenters. The van der Waals surface area contributed by atoms with Crippen molar-refractivity contribution in [2.75, 3.05) is 51.5 Å². The van der Waals surface area contributed by atoms with Crippen LogP contribution in [0.5, 0.6) is 11.5 Å². The number of anilines is 1. The van der Waals surface area contributed by atoms with Crippen LogP contribution < -0.4 is 10.5 Å². The predicted molar refractivity (Wildman–Crippen MR) is 194 cm³/mol. The number of carbonyl (C=O) groups excluding carboxylic acids is 1. The molecular formula is C39H50N8O3. The van der Waals surface area contributed by atoms with E-state index in [0.29, 0.717) is 23.2 Å². The van der Waals surface area contributed by atoms with Crippen LogP contribution in [0.2, 0.25) is 0 Å². The molecule has 11 nitrogen and oxygen atoms in total. The lowest BCUT2D eigenvalue weighted by molar-refractivity contribution is -0.0688. The smallest absolute Gasteiger partial charge is 0.410 e. The average molecular weight is 679 g/mol. The highest BCUT2D eigenvalue weighted by molar-refractivity contribution is 5.98. The van der Waals surface area contributed by atoms with Gasteiger partial charge in [0.2, 0.25) is 0 Å². The molecule has 2 aromatic heterocycles. The number of para-hydroxylation sites is 1. The van der Waals surface area contributed by atoms with Gasteiger partial charge < -0.3 is 29.9 Å². The lowest BCUT2D eigenvalue weighted by Gasteiger charge is -2.56. The number of benzene rings is 2. The summed E-state index contributed by atoms with van der Waals surface area (Å²) >= 11 is 0. The molecule has 5 heterocycles. The number of amides is 1. The molecular weight excluding hydrogens is 628 g/mol. The van der Waals surface area contributed by atoms with Crippen LogP contribution in [0.15, 0.2) is 60.9 Å². The molecule has 0 radical (unpaired) electrons. The zero-order valence-corrected chi connectivity index (χ0v) is 29.6.